The van der Waals surface area contributed by atoms with E-state index in [9.17, 15) is 9.59 Å². The van der Waals surface area contributed by atoms with Gasteiger partial charge >= 0.3 is 11.9 Å². The Hall–Kier alpha value is -1.06. The first kappa shape index (κ1) is 49.9. The second-order valence-electron chi connectivity index (χ2n) is 16.1. The molecule has 51 heavy (non-hydrogen) atoms. The van der Waals surface area contributed by atoms with Gasteiger partial charge in [-0.25, -0.2) is 4.79 Å². The van der Waals surface area contributed by atoms with E-state index in [1.807, 2.05) is 0 Å². The van der Waals surface area contributed by atoms with Crippen molar-refractivity contribution in [3.8, 4) is 0 Å². The van der Waals surface area contributed by atoms with E-state index in [0.717, 1.165) is 38.5 Å². The van der Waals surface area contributed by atoms with Crippen molar-refractivity contribution in [3.05, 3.63) is 0 Å². The van der Waals surface area contributed by atoms with Crippen molar-refractivity contribution in [1.29, 1.82) is 0 Å². The lowest BCUT2D eigenvalue weighted by Crippen LogP contribution is -2.29. The summed E-state index contributed by atoms with van der Waals surface area (Å²) in [6, 6.07) is 0. The van der Waals surface area contributed by atoms with E-state index in [4.69, 9.17) is 9.47 Å². The Balaban J connectivity index is 4.21. The Labute approximate surface area is 320 Å². The van der Waals surface area contributed by atoms with Crippen LogP contribution in [0.25, 0.3) is 0 Å². The molecule has 0 aromatic heterocycles. The molecular weight excluding hydrogens is 629 g/mol. The maximum atomic E-state index is 13.0. The average Bonchev–Trinajstić information content (AvgIpc) is 3.13. The van der Waals surface area contributed by atoms with Crippen LogP contribution in [0.5, 0.6) is 0 Å². The van der Waals surface area contributed by atoms with Crippen LogP contribution in [-0.4, -0.2) is 24.6 Å². The van der Waals surface area contributed by atoms with E-state index >= 15 is 0 Å². The van der Waals surface area contributed by atoms with Gasteiger partial charge in [-0.05, 0) is 25.7 Å². The zero-order valence-electron chi connectivity index (χ0n) is 35.2. The van der Waals surface area contributed by atoms with E-state index in [1.165, 1.54) is 205 Å². The predicted octanol–water partition coefficient (Wildman–Crippen LogP) is 16.1. The maximum Gasteiger partial charge on any atom is 0.347 e. The highest BCUT2D eigenvalue weighted by Gasteiger charge is 2.24. The molecule has 1 atom stereocenters. The summed E-state index contributed by atoms with van der Waals surface area (Å²) in [5.74, 6) is -0.546. The molecule has 1 unspecified atom stereocenters. The summed E-state index contributed by atoms with van der Waals surface area (Å²) in [7, 11) is 0. The highest BCUT2D eigenvalue weighted by atomic mass is 16.6. The summed E-state index contributed by atoms with van der Waals surface area (Å²) >= 11 is 0. The third-order valence-electron chi connectivity index (χ3n) is 10.8. The Kier molecular flexibility index (Phi) is 42.4. The maximum absolute atomic E-state index is 13.0. The Morgan fingerprint density at radius 1 is 0.353 bits per heavy atom. The van der Waals surface area contributed by atoms with Gasteiger partial charge in [0.05, 0.1) is 6.61 Å². The lowest BCUT2D eigenvalue weighted by molar-refractivity contribution is -0.168. The van der Waals surface area contributed by atoms with Gasteiger partial charge < -0.3 is 9.47 Å². The number of hydrogen-bond donors (Lipinski definition) is 0. The van der Waals surface area contributed by atoms with E-state index < -0.39 is 6.10 Å². The van der Waals surface area contributed by atoms with Crippen LogP contribution in [0.1, 0.15) is 278 Å². The molecule has 0 aliphatic carbocycles. The van der Waals surface area contributed by atoms with Crippen molar-refractivity contribution in [2.45, 2.75) is 284 Å². The smallest absolute Gasteiger partial charge is 0.347 e. The van der Waals surface area contributed by atoms with E-state index in [0.29, 0.717) is 19.4 Å². The third-order valence-corrected chi connectivity index (χ3v) is 10.8. The van der Waals surface area contributed by atoms with Crippen LogP contribution in [-0.2, 0) is 19.1 Å². The molecular formula is C47H92O4. The summed E-state index contributed by atoms with van der Waals surface area (Å²) in [5, 5.41) is 0. The molecule has 0 saturated heterocycles. The largest absolute Gasteiger partial charge is 0.463 e. The second kappa shape index (κ2) is 43.3. The van der Waals surface area contributed by atoms with Crippen molar-refractivity contribution in [2.75, 3.05) is 6.61 Å². The standard InChI is InChI=1S/C47H92O4/c1-4-7-10-13-16-19-22-24-26-27-30-33-36-39-42-45(47(49)50-44-41-38-35-32-29-21-18-15-12-9-6-3)51-46(48)43-40-37-34-31-28-25-23-20-17-14-11-8-5-2/h45H,4-44H2,1-3H3. The normalized spacial score (nSPS) is 12.0. The summed E-state index contributed by atoms with van der Waals surface area (Å²) < 4.78 is 11.4. The summed E-state index contributed by atoms with van der Waals surface area (Å²) in [6.45, 7) is 7.27. The molecule has 0 aromatic rings. The lowest BCUT2D eigenvalue weighted by atomic mass is 10.0. The van der Waals surface area contributed by atoms with Gasteiger partial charge in [0, 0.05) is 6.42 Å². The van der Waals surface area contributed by atoms with Gasteiger partial charge in [-0.2, -0.15) is 0 Å². The van der Waals surface area contributed by atoms with Crippen LogP contribution in [0.4, 0.5) is 0 Å². The number of carbonyl (C=O) groups is 2. The highest BCUT2D eigenvalue weighted by molar-refractivity contribution is 5.79. The average molecular weight is 721 g/mol. The monoisotopic (exact) mass is 721 g/mol. The van der Waals surface area contributed by atoms with Gasteiger partial charge in [0.15, 0.2) is 6.10 Å². The fourth-order valence-corrected chi connectivity index (χ4v) is 7.29. The summed E-state index contributed by atoms with van der Waals surface area (Å²) in [4.78, 5) is 25.8. The van der Waals surface area contributed by atoms with Gasteiger partial charge in [-0.15, -0.1) is 0 Å². The number of rotatable bonds is 43. The SMILES string of the molecule is CCCCCCCCCCCCCCCCC(OC(=O)CCCCCCCCCCCCCCC)C(=O)OCCCCCCCCCCCCC. The van der Waals surface area contributed by atoms with E-state index in [2.05, 4.69) is 20.8 Å². The molecule has 0 aliphatic rings. The van der Waals surface area contributed by atoms with Crippen LogP contribution >= 0.6 is 0 Å². The Bertz CT molecular complexity index is 692. The minimum Gasteiger partial charge on any atom is -0.463 e. The number of carbonyl (C=O) groups excluding carboxylic acids is 2. The quantitative estimate of drug-likeness (QED) is 0.0465. The fraction of sp³-hybridized carbons (Fsp3) is 0.957. The molecule has 4 heteroatoms. The van der Waals surface area contributed by atoms with Crippen LogP contribution in [0.2, 0.25) is 0 Å². The highest BCUT2D eigenvalue weighted by Crippen LogP contribution is 2.18. The Morgan fingerprint density at radius 3 is 0.961 bits per heavy atom. The van der Waals surface area contributed by atoms with Crippen LogP contribution in [0.15, 0.2) is 0 Å². The third kappa shape index (κ3) is 40.0. The van der Waals surface area contributed by atoms with Gasteiger partial charge in [-0.3, -0.25) is 4.79 Å². The van der Waals surface area contributed by atoms with Gasteiger partial charge in [0.1, 0.15) is 0 Å². The van der Waals surface area contributed by atoms with Gasteiger partial charge in [0.2, 0.25) is 0 Å². The molecule has 0 aliphatic heterocycles. The molecule has 0 rings (SSSR count). The number of esters is 2. The van der Waals surface area contributed by atoms with Crippen LogP contribution in [0.3, 0.4) is 0 Å². The molecule has 0 bridgehead atoms. The van der Waals surface area contributed by atoms with E-state index in [1.54, 1.807) is 0 Å². The molecule has 4 nitrogen and oxygen atoms in total. The summed E-state index contributed by atoms with van der Waals surface area (Å²) in [5.41, 5.74) is 0. The number of unbranched alkanes of at least 4 members (excludes halogenated alkanes) is 35. The minimum absolute atomic E-state index is 0.222. The number of ether oxygens (including phenoxy) is 2. The topological polar surface area (TPSA) is 52.6 Å². The molecule has 0 radical (unpaired) electrons. The second-order valence-corrected chi connectivity index (χ2v) is 16.1. The first-order valence-electron chi connectivity index (χ1n) is 23.5. The number of hydrogen-bond acceptors (Lipinski definition) is 4. The molecule has 0 N–H and O–H groups in total. The van der Waals surface area contributed by atoms with Crippen molar-refractivity contribution in [3.63, 3.8) is 0 Å². The van der Waals surface area contributed by atoms with Crippen LogP contribution in [0, 0.1) is 0 Å². The first-order valence-corrected chi connectivity index (χ1v) is 23.5. The summed E-state index contributed by atoms with van der Waals surface area (Å²) in [6.07, 6.45) is 49.2. The molecule has 304 valence electrons. The molecule has 0 aromatic carbocycles. The first-order chi connectivity index (χ1) is 25.2. The fourth-order valence-electron chi connectivity index (χ4n) is 7.29. The zero-order chi connectivity index (χ0) is 37.1. The molecule has 0 amide bonds. The van der Waals surface area contributed by atoms with Crippen molar-refractivity contribution in [2.24, 2.45) is 0 Å². The van der Waals surface area contributed by atoms with Gasteiger partial charge in [0.25, 0.3) is 0 Å². The zero-order valence-corrected chi connectivity index (χ0v) is 35.2. The predicted molar refractivity (Wildman–Crippen MR) is 223 cm³/mol. The Morgan fingerprint density at radius 2 is 0.627 bits per heavy atom. The van der Waals surface area contributed by atoms with Crippen molar-refractivity contribution in [1.82, 2.24) is 0 Å². The minimum atomic E-state index is -0.732. The van der Waals surface area contributed by atoms with Gasteiger partial charge in [-0.1, -0.05) is 245 Å². The van der Waals surface area contributed by atoms with Crippen molar-refractivity contribution < 1.29 is 19.1 Å². The molecule has 0 fully saturated rings. The lowest BCUT2D eigenvalue weighted by Gasteiger charge is -2.17. The van der Waals surface area contributed by atoms with Crippen molar-refractivity contribution >= 4 is 11.9 Å². The van der Waals surface area contributed by atoms with Crippen LogP contribution < -0.4 is 0 Å². The molecule has 0 spiro atoms. The van der Waals surface area contributed by atoms with E-state index in [-0.39, 0.29) is 11.9 Å². The molecule has 0 heterocycles. The molecule has 0 saturated carbocycles.